The van der Waals surface area contributed by atoms with E-state index in [9.17, 15) is 41.8 Å². The summed E-state index contributed by atoms with van der Waals surface area (Å²) >= 11 is 0. The van der Waals surface area contributed by atoms with Crippen LogP contribution in [-0.4, -0.2) is 52.9 Å². The van der Waals surface area contributed by atoms with Crippen molar-refractivity contribution >= 4 is 34.5 Å². The van der Waals surface area contributed by atoms with Crippen LogP contribution in [0.3, 0.4) is 0 Å². The van der Waals surface area contributed by atoms with Crippen LogP contribution in [0.15, 0.2) is 60.7 Å². The molecule has 314 valence electrons. The minimum Gasteiger partial charge on any atom is -0.504 e. The summed E-state index contributed by atoms with van der Waals surface area (Å²) in [5.74, 6) is -2.50. The number of hydrogen-bond acceptors (Lipinski definition) is 7. The predicted molar refractivity (Wildman–Crippen MR) is 211 cm³/mol. The summed E-state index contributed by atoms with van der Waals surface area (Å²) in [4.78, 5) is 52.3. The molecular formula is C42H52F4N6O6. The van der Waals surface area contributed by atoms with E-state index in [4.69, 9.17) is 10.5 Å². The maximum Gasteiger partial charge on any atom is 0.418 e. The van der Waals surface area contributed by atoms with Crippen molar-refractivity contribution in [3.05, 3.63) is 94.4 Å². The monoisotopic (exact) mass is 812 g/mol. The number of amides is 4. The Bertz CT molecular complexity index is 2070. The number of hydrazine groups is 1. The van der Waals surface area contributed by atoms with Gasteiger partial charge in [-0.2, -0.15) is 13.2 Å². The number of aromatic amines is 1. The van der Waals surface area contributed by atoms with Crippen LogP contribution in [-0.2, 0) is 51.2 Å². The molecule has 0 saturated carbocycles. The predicted octanol–water partition coefficient (Wildman–Crippen LogP) is 5.74. The standard InChI is InChI=1S/C28H33F3N4O4.C14H19FN2O2/c1-4-15(2)24(27(38)35-32-14-16-8-11-23(39-3)22(36)12-16)34-26(37)17-9-10-21-19(13-17)18-6-5-7-20(25(18)33-21)28(29,30)31;1-3-9(2)13(14(16)19)17-12(18)8-10-6-4-5-7-11(10)15/h5-8,11-12,15,17,24,32-33,36H,4,9-10,13-14H2,1-3H3,(H,34,37)(H,35,38);4-7,9,13H,3,8H2,1-2H3,(H2,16,19)(H,17,18)/t15?,17?,24-;9?,13-/m00/s1. The molecule has 0 fully saturated rings. The van der Waals surface area contributed by atoms with Crippen LogP contribution < -0.4 is 32.0 Å². The molecule has 5 atom stereocenters. The number of nitrogens with one attached hydrogen (secondary N) is 5. The number of H-pyrrole nitrogens is 1. The summed E-state index contributed by atoms with van der Waals surface area (Å²) in [5.41, 5.74) is 12.5. The number of benzene rings is 3. The number of carbonyl (C=O) groups is 4. The first-order chi connectivity index (χ1) is 27.5. The van der Waals surface area contributed by atoms with Crippen molar-refractivity contribution in [2.75, 3.05) is 7.11 Å². The van der Waals surface area contributed by atoms with Gasteiger partial charge in [0, 0.05) is 23.5 Å². The number of halogens is 4. The Morgan fingerprint density at radius 1 is 0.966 bits per heavy atom. The second-order valence-electron chi connectivity index (χ2n) is 14.6. The highest BCUT2D eigenvalue weighted by molar-refractivity contribution is 5.91. The van der Waals surface area contributed by atoms with Gasteiger partial charge < -0.3 is 31.2 Å². The SMILES string of the molecule is CCC(C)[C@H](NC(=O)C1CCc2[nH]c3c(C(F)(F)F)cccc3c2C1)C(=O)NNCc1ccc(OC)c(O)c1.CCC(C)[C@H](NC(=O)Cc1ccccc1F)C(N)=O. The van der Waals surface area contributed by atoms with Gasteiger partial charge in [-0.05, 0) is 72.1 Å². The summed E-state index contributed by atoms with van der Waals surface area (Å²) < 4.78 is 58.9. The molecule has 16 heteroatoms. The van der Waals surface area contributed by atoms with Crippen LogP contribution in [0.1, 0.15) is 74.9 Å². The van der Waals surface area contributed by atoms with Gasteiger partial charge >= 0.3 is 6.18 Å². The molecule has 0 radical (unpaired) electrons. The number of hydrogen-bond donors (Lipinski definition) is 7. The number of rotatable bonds is 15. The third-order valence-corrected chi connectivity index (χ3v) is 10.6. The minimum atomic E-state index is -4.48. The largest absolute Gasteiger partial charge is 0.504 e. The molecule has 8 N–H and O–H groups in total. The molecule has 58 heavy (non-hydrogen) atoms. The Morgan fingerprint density at radius 3 is 2.28 bits per heavy atom. The third-order valence-electron chi connectivity index (χ3n) is 10.6. The minimum absolute atomic E-state index is 0.0201. The summed E-state index contributed by atoms with van der Waals surface area (Å²) in [6, 6.07) is 13.5. The lowest BCUT2D eigenvalue weighted by Gasteiger charge is -2.28. The lowest BCUT2D eigenvalue weighted by molar-refractivity contribution is -0.136. The molecule has 0 spiro atoms. The quantitative estimate of drug-likeness (QED) is 0.0589. The Balaban J connectivity index is 0.000000329. The zero-order valence-corrected chi connectivity index (χ0v) is 33.2. The zero-order valence-electron chi connectivity index (χ0n) is 33.2. The summed E-state index contributed by atoms with van der Waals surface area (Å²) in [6.45, 7) is 7.75. The molecule has 0 saturated heterocycles. The van der Waals surface area contributed by atoms with Gasteiger partial charge in [0.1, 0.15) is 17.9 Å². The smallest absolute Gasteiger partial charge is 0.418 e. The van der Waals surface area contributed by atoms with Crippen molar-refractivity contribution in [3.8, 4) is 11.5 Å². The number of aromatic hydroxyl groups is 1. The van der Waals surface area contributed by atoms with Crippen molar-refractivity contribution < 1.29 is 46.6 Å². The molecule has 4 amide bonds. The van der Waals surface area contributed by atoms with Crippen molar-refractivity contribution in [3.63, 3.8) is 0 Å². The Morgan fingerprint density at radius 2 is 1.66 bits per heavy atom. The van der Waals surface area contributed by atoms with Gasteiger partial charge in [0.25, 0.3) is 5.91 Å². The third kappa shape index (κ3) is 11.5. The first kappa shape index (κ1) is 45.1. The number of fused-ring (bicyclic) bond motifs is 3. The summed E-state index contributed by atoms with van der Waals surface area (Å²) in [6.07, 6.45) is -2.04. The Labute approximate surface area is 334 Å². The molecule has 1 aliphatic carbocycles. The van der Waals surface area contributed by atoms with Gasteiger partial charge in [0.2, 0.25) is 17.7 Å². The zero-order chi connectivity index (χ0) is 42.7. The second kappa shape index (κ2) is 20.2. The number of phenolic OH excluding ortho intramolecular Hbond substituents is 1. The van der Waals surface area contributed by atoms with Crippen molar-refractivity contribution in [2.24, 2.45) is 23.5 Å². The van der Waals surface area contributed by atoms with Crippen molar-refractivity contribution in [1.82, 2.24) is 26.5 Å². The maximum atomic E-state index is 13.5. The number of nitrogens with two attached hydrogens (primary N) is 1. The Hall–Kier alpha value is -5.64. The molecule has 0 bridgehead atoms. The van der Waals surface area contributed by atoms with E-state index in [1.54, 1.807) is 30.3 Å². The molecule has 4 aromatic rings. The van der Waals surface area contributed by atoms with Gasteiger partial charge in [-0.1, -0.05) is 76.9 Å². The number of ether oxygens (including phenoxy) is 1. The van der Waals surface area contributed by atoms with Gasteiger partial charge in [-0.3, -0.25) is 24.6 Å². The first-order valence-corrected chi connectivity index (χ1v) is 19.2. The van der Waals surface area contributed by atoms with E-state index >= 15 is 0 Å². The number of aromatic nitrogens is 1. The summed E-state index contributed by atoms with van der Waals surface area (Å²) in [7, 11) is 1.45. The average molecular weight is 813 g/mol. The molecule has 5 rings (SSSR count). The number of alkyl halides is 3. The van der Waals surface area contributed by atoms with E-state index in [-0.39, 0.29) is 48.4 Å². The number of primary amides is 1. The van der Waals surface area contributed by atoms with Gasteiger partial charge in [-0.15, -0.1) is 0 Å². The van der Waals surface area contributed by atoms with E-state index < -0.39 is 53.3 Å². The second-order valence-corrected chi connectivity index (χ2v) is 14.6. The molecule has 3 aromatic carbocycles. The Kier molecular flexibility index (Phi) is 15.7. The van der Waals surface area contributed by atoms with Gasteiger partial charge in [0.05, 0.1) is 24.6 Å². The lowest BCUT2D eigenvalue weighted by Crippen LogP contribution is -2.54. The number of carbonyl (C=O) groups excluding carboxylic acids is 4. The highest BCUT2D eigenvalue weighted by atomic mass is 19.4. The molecule has 1 heterocycles. The van der Waals surface area contributed by atoms with Crippen LogP contribution in [0.4, 0.5) is 17.6 Å². The van der Waals surface area contributed by atoms with Crippen LogP contribution in [0.25, 0.3) is 10.9 Å². The van der Waals surface area contributed by atoms with E-state index in [0.717, 1.165) is 17.3 Å². The number of phenols is 1. The van der Waals surface area contributed by atoms with Crippen LogP contribution in [0.5, 0.6) is 11.5 Å². The van der Waals surface area contributed by atoms with Crippen LogP contribution in [0.2, 0.25) is 0 Å². The molecular weight excluding hydrogens is 760 g/mol. The highest BCUT2D eigenvalue weighted by Gasteiger charge is 2.36. The number of aryl methyl sites for hydroxylation is 1. The van der Waals surface area contributed by atoms with Crippen molar-refractivity contribution in [2.45, 2.75) is 91.0 Å². The maximum absolute atomic E-state index is 13.5. The van der Waals surface area contributed by atoms with E-state index in [1.807, 2.05) is 27.7 Å². The average Bonchev–Trinajstić information content (AvgIpc) is 3.57. The molecule has 12 nitrogen and oxygen atoms in total. The number of methoxy groups -OCH3 is 1. The van der Waals surface area contributed by atoms with Crippen LogP contribution in [0, 0.1) is 23.6 Å². The fraction of sp³-hybridized carbons (Fsp3) is 0.429. The van der Waals surface area contributed by atoms with Gasteiger partial charge in [-0.25, -0.2) is 9.82 Å². The van der Waals surface area contributed by atoms with E-state index in [1.165, 1.54) is 31.4 Å². The molecule has 1 aliphatic rings. The number of para-hydroxylation sites is 1. The van der Waals surface area contributed by atoms with Crippen molar-refractivity contribution in [1.29, 1.82) is 0 Å². The normalized spacial score (nSPS) is 15.8. The topological polar surface area (TPSA) is 188 Å². The van der Waals surface area contributed by atoms with E-state index in [2.05, 4.69) is 26.5 Å². The fourth-order valence-electron chi connectivity index (χ4n) is 6.80. The lowest BCUT2D eigenvalue weighted by atomic mass is 9.85. The van der Waals surface area contributed by atoms with Crippen LogP contribution >= 0.6 is 0 Å². The highest BCUT2D eigenvalue weighted by Crippen LogP contribution is 2.39. The molecule has 3 unspecified atom stereocenters. The fourth-order valence-corrected chi connectivity index (χ4v) is 6.80. The van der Waals surface area contributed by atoms with E-state index in [0.29, 0.717) is 47.9 Å². The molecule has 0 aliphatic heterocycles. The first-order valence-electron chi connectivity index (χ1n) is 19.2. The van der Waals surface area contributed by atoms with Gasteiger partial charge in [0.15, 0.2) is 11.5 Å². The summed E-state index contributed by atoms with van der Waals surface area (Å²) in [5, 5.41) is 15.8. The molecule has 1 aromatic heterocycles.